The number of alkyl halides is 3. The van der Waals surface area contributed by atoms with Crippen molar-refractivity contribution in [2.75, 3.05) is 0 Å². The molecule has 90 valence electrons. The van der Waals surface area contributed by atoms with Crippen molar-refractivity contribution in [3.8, 4) is 0 Å². The van der Waals surface area contributed by atoms with Gasteiger partial charge in [-0.15, -0.1) is 0 Å². The summed E-state index contributed by atoms with van der Waals surface area (Å²) >= 11 is 0. The SMILES string of the molecule is [N-]=[N+]=NCc1ccc(C(F)(F)F)cc1.[N-]=[N+]=[N-].[Na+]. The van der Waals surface area contributed by atoms with E-state index < -0.39 is 11.7 Å². The number of hydrogen-bond acceptors (Lipinski definition) is 1. The maximum Gasteiger partial charge on any atom is 1.00 e. The molecule has 1 aromatic rings. The van der Waals surface area contributed by atoms with Gasteiger partial charge in [-0.2, -0.15) is 13.2 Å². The second-order valence-electron chi connectivity index (χ2n) is 2.67. The van der Waals surface area contributed by atoms with Crippen LogP contribution < -0.4 is 29.6 Å². The minimum absolute atomic E-state index is 0. The van der Waals surface area contributed by atoms with Gasteiger partial charge in [-0.3, -0.25) is 4.91 Å². The molecule has 0 saturated heterocycles. The van der Waals surface area contributed by atoms with E-state index in [0.29, 0.717) is 5.56 Å². The Morgan fingerprint density at radius 1 is 1.06 bits per heavy atom. The minimum Gasteiger partial charge on any atom is -0.373 e. The fourth-order valence-corrected chi connectivity index (χ4v) is 0.912. The molecule has 0 radical (unpaired) electrons. The second-order valence-corrected chi connectivity index (χ2v) is 2.67. The normalized spacial score (nSPS) is 8.83. The molecule has 1 rings (SSSR count). The van der Waals surface area contributed by atoms with Gasteiger partial charge in [0.05, 0.1) is 12.1 Å². The first kappa shape index (κ1) is 19.0. The maximum absolute atomic E-state index is 12.1. The smallest absolute Gasteiger partial charge is 0.373 e. The monoisotopic (exact) mass is 266 g/mol. The van der Waals surface area contributed by atoms with Crippen LogP contribution in [0.2, 0.25) is 0 Å². The summed E-state index contributed by atoms with van der Waals surface area (Å²) in [6, 6.07) is 4.50. The molecule has 0 aliphatic rings. The van der Waals surface area contributed by atoms with E-state index in [1.807, 2.05) is 0 Å². The van der Waals surface area contributed by atoms with E-state index in [1.165, 1.54) is 17.0 Å². The van der Waals surface area contributed by atoms with Crippen LogP contribution in [0.1, 0.15) is 11.1 Å². The minimum atomic E-state index is -4.32. The summed E-state index contributed by atoms with van der Waals surface area (Å²) in [5.74, 6) is 0. The molecule has 0 spiro atoms. The Hall–Kier alpha value is -1.37. The van der Waals surface area contributed by atoms with E-state index in [1.54, 1.807) is 0 Å². The van der Waals surface area contributed by atoms with Crippen LogP contribution in [0.15, 0.2) is 29.4 Å². The van der Waals surface area contributed by atoms with E-state index in [-0.39, 0.29) is 36.1 Å². The standard InChI is InChI=1S/C8H6F3N3.N3.Na/c9-8(10,11)7-3-1-6(2-4-7)5-13-14-12;1-3-2;/h1-4H,5H2;;/q;-1;+1. The van der Waals surface area contributed by atoms with Gasteiger partial charge < -0.3 is 11.1 Å². The van der Waals surface area contributed by atoms with Crippen molar-refractivity contribution in [2.45, 2.75) is 12.7 Å². The average Bonchev–Trinajstić information content (AvgIpc) is 2.27. The van der Waals surface area contributed by atoms with E-state index >= 15 is 0 Å². The van der Waals surface area contributed by atoms with Gasteiger partial charge in [0.1, 0.15) is 0 Å². The molecule has 0 unspecified atom stereocenters. The summed E-state index contributed by atoms with van der Waals surface area (Å²) in [4.78, 5) is 4.00. The van der Waals surface area contributed by atoms with Crippen LogP contribution in [-0.4, -0.2) is 0 Å². The summed E-state index contributed by atoms with van der Waals surface area (Å²) in [7, 11) is 0. The summed E-state index contributed by atoms with van der Waals surface area (Å²) in [6.45, 7) is 0.0641. The quantitative estimate of drug-likeness (QED) is 0.333. The number of benzene rings is 1. The van der Waals surface area contributed by atoms with Crippen molar-refractivity contribution in [1.82, 2.24) is 0 Å². The predicted molar refractivity (Wildman–Crippen MR) is 54.4 cm³/mol. The predicted octanol–water partition coefficient (Wildman–Crippen LogP) is 1.39. The van der Waals surface area contributed by atoms with Gasteiger partial charge in [-0.05, 0) is 23.2 Å². The molecule has 1 aromatic carbocycles. The Balaban J connectivity index is 0. The molecule has 0 bridgehead atoms. The van der Waals surface area contributed by atoms with Crippen molar-refractivity contribution in [1.29, 1.82) is 0 Å². The Morgan fingerprint density at radius 2 is 1.50 bits per heavy atom. The number of azide groups is 1. The molecule has 0 aliphatic carbocycles. The average molecular weight is 266 g/mol. The summed E-state index contributed by atoms with van der Waals surface area (Å²) in [6.07, 6.45) is -4.32. The third-order valence-corrected chi connectivity index (χ3v) is 1.60. The number of hydrogen-bond donors (Lipinski definition) is 0. The molecule has 10 heteroatoms. The second kappa shape index (κ2) is 9.64. The summed E-state index contributed by atoms with van der Waals surface area (Å²) < 4.78 is 36.3. The van der Waals surface area contributed by atoms with Crippen molar-refractivity contribution < 1.29 is 42.7 Å². The fraction of sp³-hybridized carbons (Fsp3) is 0.250. The maximum atomic E-state index is 12.1. The largest absolute Gasteiger partial charge is 1.00 e. The molecule has 0 saturated carbocycles. The fourth-order valence-electron chi connectivity index (χ4n) is 0.912. The van der Waals surface area contributed by atoms with Gasteiger partial charge in [0.2, 0.25) is 0 Å². The first-order chi connectivity index (χ1) is 7.95. The Labute approximate surface area is 122 Å². The van der Waals surface area contributed by atoms with Crippen molar-refractivity contribution in [3.05, 3.63) is 61.8 Å². The number of halogens is 3. The van der Waals surface area contributed by atoms with Gasteiger partial charge in [-0.25, -0.2) is 0 Å². The molecule has 18 heavy (non-hydrogen) atoms. The zero-order chi connectivity index (χ0) is 13.3. The van der Waals surface area contributed by atoms with E-state index in [4.69, 9.17) is 16.6 Å². The van der Waals surface area contributed by atoms with E-state index in [2.05, 4.69) is 10.0 Å². The van der Waals surface area contributed by atoms with E-state index in [0.717, 1.165) is 12.1 Å². The van der Waals surface area contributed by atoms with Crippen LogP contribution in [0.3, 0.4) is 0 Å². The summed E-state index contributed by atoms with van der Waals surface area (Å²) in [5.41, 5.74) is 21.3. The van der Waals surface area contributed by atoms with E-state index in [9.17, 15) is 13.2 Å². The molecule has 0 amide bonds. The third kappa shape index (κ3) is 7.83. The molecule has 0 heterocycles. The molecule has 0 aromatic heterocycles. The Morgan fingerprint density at radius 3 is 1.83 bits per heavy atom. The van der Waals surface area contributed by atoms with Gasteiger partial charge in [0, 0.05) is 4.91 Å². The van der Waals surface area contributed by atoms with Crippen LogP contribution in [0.4, 0.5) is 13.2 Å². The van der Waals surface area contributed by atoms with Gasteiger partial charge in [0.15, 0.2) is 0 Å². The van der Waals surface area contributed by atoms with Gasteiger partial charge in [0.25, 0.3) is 0 Å². The molecule has 0 atom stereocenters. The zero-order valence-electron chi connectivity index (χ0n) is 9.33. The van der Waals surface area contributed by atoms with Crippen LogP contribution in [0.25, 0.3) is 26.4 Å². The van der Waals surface area contributed by atoms with Crippen LogP contribution in [0.5, 0.6) is 0 Å². The Bertz CT molecular complexity index is 431. The molecule has 0 aliphatic heterocycles. The molecule has 6 nitrogen and oxygen atoms in total. The van der Waals surface area contributed by atoms with Crippen LogP contribution in [0, 0.1) is 0 Å². The molecule has 0 fully saturated rings. The summed E-state index contributed by atoms with van der Waals surface area (Å²) in [5, 5.41) is 3.23. The van der Waals surface area contributed by atoms with Crippen molar-refractivity contribution >= 4 is 0 Å². The number of rotatable bonds is 2. The molecule has 0 N–H and O–H groups in total. The molecular formula is C8H6F3N6Na. The first-order valence-electron chi connectivity index (χ1n) is 4.11. The van der Waals surface area contributed by atoms with Crippen molar-refractivity contribution in [3.63, 3.8) is 0 Å². The first-order valence-corrected chi connectivity index (χ1v) is 4.11. The van der Waals surface area contributed by atoms with Crippen molar-refractivity contribution in [2.24, 2.45) is 5.11 Å². The number of nitrogens with zero attached hydrogens (tertiary/aromatic N) is 6. The molecular weight excluding hydrogens is 260 g/mol. The van der Waals surface area contributed by atoms with Crippen LogP contribution >= 0.6 is 0 Å². The zero-order valence-corrected chi connectivity index (χ0v) is 11.3. The van der Waals surface area contributed by atoms with Gasteiger partial charge >= 0.3 is 35.7 Å². The third-order valence-electron chi connectivity index (χ3n) is 1.60. The van der Waals surface area contributed by atoms with Gasteiger partial charge in [-0.1, -0.05) is 17.2 Å². The van der Waals surface area contributed by atoms with Crippen LogP contribution in [-0.2, 0) is 12.7 Å². The topological polar surface area (TPSA) is 107 Å². The Kier molecular flexibility index (Phi) is 10.2.